The quantitative estimate of drug-likeness (QED) is 0.562. The molecule has 132 valence electrons. The molecule has 6 nitrogen and oxygen atoms in total. The average molecular weight is 342 g/mol. The molecule has 2 rings (SSSR count). The van der Waals surface area contributed by atoms with Gasteiger partial charge in [-0.2, -0.15) is 0 Å². The highest BCUT2D eigenvalue weighted by atomic mass is 16.6. The number of methoxy groups -OCH3 is 1. The number of carbonyl (C=O) groups is 1. The molecule has 0 aliphatic carbocycles. The van der Waals surface area contributed by atoms with Crippen molar-refractivity contribution in [2.75, 3.05) is 7.11 Å². The van der Waals surface area contributed by atoms with Gasteiger partial charge in [0.25, 0.3) is 5.91 Å². The van der Waals surface area contributed by atoms with E-state index in [0.29, 0.717) is 6.54 Å². The third-order valence-corrected chi connectivity index (χ3v) is 4.20. The molecule has 25 heavy (non-hydrogen) atoms. The maximum Gasteiger partial charge on any atom is 0.311 e. The standard InChI is InChI=1S/C19H22N2O4/c1-4-14(2)20(13-15-8-6-5-7-9-15)19(22)16-10-11-18(25-3)17(12-16)21(23)24/h5-12,14H,4,13H2,1-3H3. The van der Waals surface area contributed by atoms with Gasteiger partial charge in [-0.25, -0.2) is 0 Å². The van der Waals surface area contributed by atoms with E-state index < -0.39 is 4.92 Å². The maximum atomic E-state index is 13.0. The maximum absolute atomic E-state index is 13.0. The minimum absolute atomic E-state index is 0.00821. The molecule has 0 aromatic heterocycles. The van der Waals surface area contributed by atoms with E-state index in [1.165, 1.54) is 19.2 Å². The van der Waals surface area contributed by atoms with Crippen LogP contribution in [0.3, 0.4) is 0 Å². The van der Waals surface area contributed by atoms with Crippen LogP contribution < -0.4 is 4.74 Å². The van der Waals surface area contributed by atoms with Gasteiger partial charge in [0.2, 0.25) is 0 Å². The van der Waals surface area contributed by atoms with Crippen molar-refractivity contribution in [2.24, 2.45) is 0 Å². The van der Waals surface area contributed by atoms with Crippen LogP contribution in [-0.4, -0.2) is 28.9 Å². The van der Waals surface area contributed by atoms with Gasteiger partial charge in [0.1, 0.15) is 0 Å². The molecule has 0 spiro atoms. The molecule has 0 aliphatic heterocycles. The SMILES string of the molecule is CCC(C)N(Cc1ccccc1)C(=O)c1ccc(OC)c([N+](=O)[O-])c1. The highest BCUT2D eigenvalue weighted by molar-refractivity contribution is 5.95. The second kappa shape index (κ2) is 8.28. The van der Waals surface area contributed by atoms with Crippen molar-refractivity contribution in [2.45, 2.75) is 32.9 Å². The zero-order valence-electron chi connectivity index (χ0n) is 14.6. The molecule has 2 aromatic carbocycles. The number of rotatable bonds is 7. The summed E-state index contributed by atoms with van der Waals surface area (Å²) in [5.74, 6) is -0.0938. The fraction of sp³-hybridized carbons (Fsp3) is 0.316. The van der Waals surface area contributed by atoms with Crippen LogP contribution in [0.25, 0.3) is 0 Å². The summed E-state index contributed by atoms with van der Waals surface area (Å²) >= 11 is 0. The van der Waals surface area contributed by atoms with Crippen molar-refractivity contribution in [1.82, 2.24) is 4.90 Å². The second-order valence-corrected chi connectivity index (χ2v) is 5.82. The predicted molar refractivity (Wildman–Crippen MR) is 95.7 cm³/mol. The molecule has 0 saturated carbocycles. The smallest absolute Gasteiger partial charge is 0.311 e. The molecule has 1 atom stereocenters. The van der Waals surface area contributed by atoms with Crippen molar-refractivity contribution in [3.05, 3.63) is 69.8 Å². The third kappa shape index (κ3) is 4.35. The summed E-state index contributed by atoms with van der Waals surface area (Å²) in [5.41, 5.74) is 1.08. The normalized spacial score (nSPS) is 11.6. The second-order valence-electron chi connectivity index (χ2n) is 5.82. The Morgan fingerprint density at radius 3 is 2.48 bits per heavy atom. The number of nitro groups is 1. The largest absolute Gasteiger partial charge is 0.490 e. The van der Waals surface area contributed by atoms with Crippen LogP contribution in [-0.2, 0) is 6.54 Å². The Balaban J connectivity index is 2.36. The van der Waals surface area contributed by atoms with Crippen molar-refractivity contribution in [3.8, 4) is 5.75 Å². The van der Waals surface area contributed by atoms with E-state index >= 15 is 0 Å². The van der Waals surface area contributed by atoms with Crippen molar-refractivity contribution < 1.29 is 14.5 Å². The van der Waals surface area contributed by atoms with E-state index in [1.54, 1.807) is 11.0 Å². The molecule has 0 N–H and O–H groups in total. The average Bonchev–Trinajstić information content (AvgIpc) is 2.65. The number of nitrogens with zero attached hydrogens (tertiary/aromatic N) is 2. The Kier molecular flexibility index (Phi) is 6.11. The molecular weight excluding hydrogens is 320 g/mol. The summed E-state index contributed by atoms with van der Waals surface area (Å²) in [7, 11) is 1.37. The fourth-order valence-corrected chi connectivity index (χ4v) is 2.56. The van der Waals surface area contributed by atoms with Gasteiger partial charge >= 0.3 is 5.69 Å². The number of benzene rings is 2. The Bertz CT molecular complexity index is 746. The number of nitro benzene ring substituents is 1. The van der Waals surface area contributed by atoms with Crippen LogP contribution in [0.15, 0.2) is 48.5 Å². The highest BCUT2D eigenvalue weighted by Gasteiger charge is 2.24. The number of amides is 1. The van der Waals surface area contributed by atoms with Gasteiger partial charge in [-0.15, -0.1) is 0 Å². The summed E-state index contributed by atoms with van der Waals surface area (Å²) in [6.45, 7) is 4.43. The van der Waals surface area contributed by atoms with E-state index in [1.807, 2.05) is 44.2 Å². The minimum Gasteiger partial charge on any atom is -0.490 e. The first-order valence-electron chi connectivity index (χ1n) is 8.15. The summed E-state index contributed by atoms with van der Waals surface area (Å²) in [5, 5.41) is 11.2. The van der Waals surface area contributed by atoms with Gasteiger partial charge in [-0.1, -0.05) is 37.3 Å². The van der Waals surface area contributed by atoms with E-state index in [-0.39, 0.29) is 28.9 Å². The Labute approximate surface area is 147 Å². The summed E-state index contributed by atoms with van der Waals surface area (Å²) < 4.78 is 5.00. The molecule has 0 radical (unpaired) electrons. The van der Waals surface area contributed by atoms with Gasteiger partial charge in [0.15, 0.2) is 5.75 Å². The summed E-state index contributed by atoms with van der Waals surface area (Å²) in [6.07, 6.45) is 0.789. The number of ether oxygens (including phenoxy) is 1. The van der Waals surface area contributed by atoms with Gasteiger partial charge in [0, 0.05) is 24.2 Å². The van der Waals surface area contributed by atoms with E-state index in [4.69, 9.17) is 4.74 Å². The first-order chi connectivity index (χ1) is 12.0. The van der Waals surface area contributed by atoms with E-state index in [0.717, 1.165) is 12.0 Å². The lowest BCUT2D eigenvalue weighted by Crippen LogP contribution is -2.37. The molecular formula is C19H22N2O4. The highest BCUT2D eigenvalue weighted by Crippen LogP contribution is 2.28. The van der Waals surface area contributed by atoms with Crippen LogP contribution in [0.1, 0.15) is 36.2 Å². The van der Waals surface area contributed by atoms with Crippen molar-refractivity contribution in [3.63, 3.8) is 0 Å². The Morgan fingerprint density at radius 1 is 1.24 bits per heavy atom. The molecule has 1 amide bonds. The number of hydrogen-bond acceptors (Lipinski definition) is 4. The Morgan fingerprint density at radius 2 is 1.92 bits per heavy atom. The predicted octanol–water partition coefficient (Wildman–Crippen LogP) is 4.04. The molecule has 0 fully saturated rings. The van der Waals surface area contributed by atoms with E-state index in [2.05, 4.69) is 0 Å². The lowest BCUT2D eigenvalue weighted by molar-refractivity contribution is -0.385. The van der Waals surface area contributed by atoms with E-state index in [9.17, 15) is 14.9 Å². The zero-order valence-corrected chi connectivity index (χ0v) is 14.6. The van der Waals surface area contributed by atoms with Gasteiger partial charge in [0.05, 0.1) is 12.0 Å². The monoisotopic (exact) mass is 342 g/mol. The van der Waals surface area contributed by atoms with Gasteiger partial charge < -0.3 is 9.64 Å². The third-order valence-electron chi connectivity index (χ3n) is 4.20. The van der Waals surface area contributed by atoms with Crippen LogP contribution >= 0.6 is 0 Å². The molecule has 0 heterocycles. The zero-order chi connectivity index (χ0) is 18.4. The minimum atomic E-state index is -0.541. The number of hydrogen-bond donors (Lipinski definition) is 0. The van der Waals surface area contributed by atoms with Crippen LogP contribution in [0.2, 0.25) is 0 Å². The number of carbonyl (C=O) groups excluding carboxylic acids is 1. The molecule has 0 bridgehead atoms. The van der Waals surface area contributed by atoms with Crippen LogP contribution in [0.4, 0.5) is 5.69 Å². The first kappa shape index (κ1) is 18.4. The lowest BCUT2D eigenvalue weighted by atomic mass is 10.1. The first-order valence-corrected chi connectivity index (χ1v) is 8.15. The topological polar surface area (TPSA) is 72.7 Å². The van der Waals surface area contributed by atoms with Crippen LogP contribution in [0.5, 0.6) is 5.75 Å². The van der Waals surface area contributed by atoms with Crippen molar-refractivity contribution >= 4 is 11.6 Å². The lowest BCUT2D eigenvalue weighted by Gasteiger charge is -2.29. The summed E-state index contributed by atoms with van der Waals surface area (Å²) in [4.78, 5) is 25.4. The summed E-state index contributed by atoms with van der Waals surface area (Å²) in [6, 6.07) is 14.0. The van der Waals surface area contributed by atoms with Gasteiger partial charge in [-0.05, 0) is 31.0 Å². The molecule has 6 heteroatoms. The molecule has 0 saturated heterocycles. The van der Waals surface area contributed by atoms with Crippen LogP contribution in [0, 0.1) is 10.1 Å². The van der Waals surface area contributed by atoms with Gasteiger partial charge in [-0.3, -0.25) is 14.9 Å². The molecule has 0 aliphatic rings. The molecule has 2 aromatic rings. The Hall–Kier alpha value is -2.89. The van der Waals surface area contributed by atoms with Crippen molar-refractivity contribution in [1.29, 1.82) is 0 Å². The molecule has 1 unspecified atom stereocenters. The fourth-order valence-electron chi connectivity index (χ4n) is 2.56.